The monoisotopic (exact) mass is 498 g/mol. The van der Waals surface area contributed by atoms with Crippen molar-refractivity contribution in [2.75, 3.05) is 18.6 Å². The summed E-state index contributed by atoms with van der Waals surface area (Å²) in [7, 11) is 0. The third-order valence-corrected chi connectivity index (χ3v) is 6.89. The van der Waals surface area contributed by atoms with Crippen molar-refractivity contribution < 1.29 is 24.2 Å². The molecule has 0 radical (unpaired) electrons. The number of unbranched alkanes of at least 4 members (excludes halogenated alkanes) is 1. The first-order chi connectivity index (χ1) is 16.9. The lowest BCUT2D eigenvalue weighted by Crippen LogP contribution is -2.45. The van der Waals surface area contributed by atoms with Gasteiger partial charge in [-0.3, -0.25) is 4.79 Å². The summed E-state index contributed by atoms with van der Waals surface area (Å²) in [5.41, 5.74) is 4.58. The number of benzene rings is 2. The van der Waals surface area contributed by atoms with Gasteiger partial charge in [0.1, 0.15) is 12.6 Å². The average molecular weight is 499 g/mol. The summed E-state index contributed by atoms with van der Waals surface area (Å²) in [5, 5.41) is 14.8. The van der Waals surface area contributed by atoms with E-state index in [0.29, 0.717) is 18.6 Å². The van der Waals surface area contributed by atoms with Gasteiger partial charge in [0.25, 0.3) is 0 Å². The Morgan fingerprint density at radius 3 is 2.20 bits per heavy atom. The molecule has 7 nitrogen and oxygen atoms in total. The maximum absolute atomic E-state index is 12.7. The van der Waals surface area contributed by atoms with Gasteiger partial charge in [0.15, 0.2) is 0 Å². The molecule has 0 fully saturated rings. The number of fused-ring (bicyclic) bond motifs is 3. The molecule has 2 aromatic carbocycles. The Morgan fingerprint density at radius 1 is 1.00 bits per heavy atom. The van der Waals surface area contributed by atoms with E-state index in [1.807, 2.05) is 37.4 Å². The van der Waals surface area contributed by atoms with Crippen LogP contribution in [0, 0.1) is 0 Å². The number of carbonyl (C=O) groups excluding carboxylic acids is 2. The minimum Gasteiger partial charge on any atom is -0.480 e. The Morgan fingerprint density at radius 2 is 1.63 bits per heavy atom. The second kappa shape index (κ2) is 13.2. The van der Waals surface area contributed by atoms with Crippen LogP contribution in [-0.4, -0.2) is 53.8 Å². The number of carboxylic acid groups (broad SMARTS) is 1. The van der Waals surface area contributed by atoms with Crippen molar-refractivity contribution in [3.05, 3.63) is 59.7 Å². The van der Waals surface area contributed by atoms with E-state index in [2.05, 4.69) is 34.9 Å². The van der Waals surface area contributed by atoms with Gasteiger partial charge in [-0.25, -0.2) is 9.59 Å². The van der Waals surface area contributed by atoms with Crippen LogP contribution in [-0.2, 0) is 14.3 Å². The molecule has 3 rings (SSSR count). The lowest BCUT2D eigenvalue weighted by molar-refractivity contribution is -0.141. The number of thioether (sulfide) groups is 1. The zero-order chi connectivity index (χ0) is 25.2. The highest BCUT2D eigenvalue weighted by molar-refractivity contribution is 7.98. The van der Waals surface area contributed by atoms with Gasteiger partial charge in [-0.2, -0.15) is 11.8 Å². The Hall–Kier alpha value is -3.00. The number of aliphatic carboxylic acids is 1. The molecule has 0 bridgehead atoms. The average Bonchev–Trinajstić information content (AvgIpc) is 3.17. The van der Waals surface area contributed by atoms with E-state index < -0.39 is 30.1 Å². The minimum absolute atomic E-state index is 0.00719. The van der Waals surface area contributed by atoms with Crippen LogP contribution in [0.15, 0.2) is 48.5 Å². The zero-order valence-electron chi connectivity index (χ0n) is 20.3. The number of hydrogen-bond acceptors (Lipinski definition) is 5. The van der Waals surface area contributed by atoms with Crippen molar-refractivity contribution in [1.29, 1.82) is 0 Å². The molecule has 35 heavy (non-hydrogen) atoms. The number of carboxylic acids is 1. The first-order valence-corrected chi connectivity index (χ1v) is 13.5. The fourth-order valence-corrected chi connectivity index (χ4v) is 4.92. The van der Waals surface area contributed by atoms with Gasteiger partial charge in [-0.1, -0.05) is 68.3 Å². The van der Waals surface area contributed by atoms with Crippen LogP contribution >= 0.6 is 11.8 Å². The molecule has 0 spiro atoms. The predicted octanol–water partition coefficient (Wildman–Crippen LogP) is 4.80. The maximum Gasteiger partial charge on any atom is 0.407 e. The smallest absolute Gasteiger partial charge is 0.407 e. The Labute approximate surface area is 211 Å². The molecule has 0 saturated carbocycles. The van der Waals surface area contributed by atoms with Crippen LogP contribution in [0.2, 0.25) is 0 Å². The molecule has 0 heterocycles. The summed E-state index contributed by atoms with van der Waals surface area (Å²) in [4.78, 5) is 36.7. The molecule has 1 aliphatic carbocycles. The summed E-state index contributed by atoms with van der Waals surface area (Å²) < 4.78 is 5.63. The molecule has 0 saturated heterocycles. The van der Waals surface area contributed by atoms with Gasteiger partial charge in [0, 0.05) is 18.4 Å². The Balaban J connectivity index is 1.59. The van der Waals surface area contributed by atoms with E-state index in [0.717, 1.165) is 35.1 Å². The van der Waals surface area contributed by atoms with Crippen molar-refractivity contribution in [1.82, 2.24) is 10.6 Å². The molecule has 0 unspecified atom stereocenters. The number of hydrogen-bond donors (Lipinski definition) is 3. The van der Waals surface area contributed by atoms with E-state index in [4.69, 9.17) is 4.74 Å². The van der Waals surface area contributed by atoms with E-state index in [1.165, 1.54) is 11.8 Å². The normalized spacial score (nSPS) is 13.9. The fraction of sp³-hybridized carbons (Fsp3) is 0.444. The minimum atomic E-state index is -1.05. The molecule has 0 aliphatic heterocycles. The molecule has 3 N–H and O–H groups in total. The van der Waals surface area contributed by atoms with Crippen molar-refractivity contribution in [3.8, 4) is 11.1 Å². The van der Waals surface area contributed by atoms with Crippen LogP contribution in [0.4, 0.5) is 4.79 Å². The van der Waals surface area contributed by atoms with Crippen molar-refractivity contribution in [3.63, 3.8) is 0 Å². The van der Waals surface area contributed by atoms with Gasteiger partial charge in [-0.05, 0) is 47.1 Å². The third-order valence-electron chi connectivity index (χ3n) is 6.25. The Bertz CT molecular complexity index is 983. The van der Waals surface area contributed by atoms with E-state index in [1.54, 1.807) is 0 Å². The summed E-state index contributed by atoms with van der Waals surface area (Å²) >= 11 is 1.53. The van der Waals surface area contributed by atoms with Gasteiger partial charge in [0.2, 0.25) is 5.91 Å². The number of ether oxygens (including phenoxy) is 1. The fourth-order valence-electron chi connectivity index (χ4n) is 4.45. The summed E-state index contributed by atoms with van der Waals surface area (Å²) in [6.45, 7) is 2.23. The largest absolute Gasteiger partial charge is 0.480 e. The molecular weight excluding hydrogens is 464 g/mol. The summed E-state index contributed by atoms with van der Waals surface area (Å²) in [6.07, 6.45) is 4.02. The van der Waals surface area contributed by atoms with Crippen LogP contribution in [0.25, 0.3) is 11.1 Å². The Kier molecular flexibility index (Phi) is 10.0. The molecule has 0 aromatic heterocycles. The van der Waals surface area contributed by atoms with E-state index in [9.17, 15) is 19.5 Å². The van der Waals surface area contributed by atoms with E-state index in [-0.39, 0.29) is 18.9 Å². The second-order valence-electron chi connectivity index (χ2n) is 8.75. The number of carbonyl (C=O) groups is 3. The number of nitrogens with one attached hydrogen (secondary N) is 2. The first-order valence-electron chi connectivity index (χ1n) is 12.1. The maximum atomic E-state index is 12.7. The highest BCUT2D eigenvalue weighted by atomic mass is 32.2. The highest BCUT2D eigenvalue weighted by Gasteiger charge is 2.29. The van der Waals surface area contributed by atoms with Gasteiger partial charge in [-0.15, -0.1) is 0 Å². The molecule has 1 aliphatic rings. The van der Waals surface area contributed by atoms with Crippen LogP contribution < -0.4 is 10.6 Å². The van der Waals surface area contributed by atoms with Crippen molar-refractivity contribution in [2.24, 2.45) is 0 Å². The second-order valence-corrected chi connectivity index (χ2v) is 9.74. The van der Waals surface area contributed by atoms with Crippen molar-refractivity contribution in [2.45, 2.75) is 57.0 Å². The van der Waals surface area contributed by atoms with Gasteiger partial charge < -0.3 is 20.5 Å². The van der Waals surface area contributed by atoms with Gasteiger partial charge in [0.05, 0.1) is 0 Å². The standard InChI is InChI=1S/C27H34N2O5S/c1-3-4-9-18(16-25(30)29-24(26(31)32)14-15-35-2)28-27(33)34-17-23-21-12-7-5-10-19(21)20-11-6-8-13-22(20)23/h5-8,10-13,18,23-24H,3-4,9,14-17H2,1-2H3,(H,28,33)(H,29,30)(H,31,32)/t18-,24+/m0/s1. The quantitative estimate of drug-likeness (QED) is 0.367. The van der Waals surface area contributed by atoms with Crippen LogP contribution in [0.5, 0.6) is 0 Å². The summed E-state index contributed by atoms with van der Waals surface area (Å²) in [5.74, 6) is -0.854. The third kappa shape index (κ3) is 7.24. The van der Waals surface area contributed by atoms with Crippen LogP contribution in [0.3, 0.4) is 0 Å². The molecular formula is C27H34N2O5S. The molecule has 2 amide bonds. The number of rotatable bonds is 13. The predicted molar refractivity (Wildman–Crippen MR) is 139 cm³/mol. The highest BCUT2D eigenvalue weighted by Crippen LogP contribution is 2.44. The topological polar surface area (TPSA) is 105 Å². The lowest BCUT2D eigenvalue weighted by atomic mass is 9.98. The van der Waals surface area contributed by atoms with Crippen molar-refractivity contribution >= 4 is 29.7 Å². The summed E-state index contributed by atoms with van der Waals surface area (Å²) in [6, 6.07) is 14.9. The SMILES string of the molecule is CCCC[C@@H](CC(=O)N[C@H](CCSC)C(=O)O)NC(=O)OCC1c2ccccc2-c2ccccc21. The molecule has 188 valence electrons. The van der Waals surface area contributed by atoms with Gasteiger partial charge >= 0.3 is 12.1 Å². The lowest BCUT2D eigenvalue weighted by Gasteiger charge is -2.21. The number of alkyl carbamates (subject to hydrolysis) is 1. The van der Waals surface area contributed by atoms with Crippen LogP contribution in [0.1, 0.15) is 56.1 Å². The molecule has 2 aromatic rings. The molecule has 8 heteroatoms. The van der Waals surface area contributed by atoms with E-state index >= 15 is 0 Å². The number of amides is 2. The molecule has 2 atom stereocenters. The zero-order valence-corrected chi connectivity index (χ0v) is 21.1. The first kappa shape index (κ1) is 26.6.